The summed E-state index contributed by atoms with van der Waals surface area (Å²) >= 11 is 1.19. The van der Waals surface area contributed by atoms with Gasteiger partial charge >= 0.3 is 12.0 Å². The molecule has 0 atom stereocenters. The van der Waals surface area contributed by atoms with Crippen LogP contribution in [0.3, 0.4) is 0 Å². The number of hydrogen-bond donors (Lipinski definition) is 2. The van der Waals surface area contributed by atoms with Gasteiger partial charge < -0.3 is 15.0 Å². The Kier molecular flexibility index (Phi) is 6.02. The molecule has 0 spiro atoms. The van der Waals surface area contributed by atoms with Crippen LogP contribution in [0.5, 0.6) is 0 Å². The van der Waals surface area contributed by atoms with Crippen molar-refractivity contribution in [2.75, 3.05) is 30.8 Å². The van der Waals surface area contributed by atoms with Gasteiger partial charge in [0.15, 0.2) is 5.13 Å². The van der Waals surface area contributed by atoms with Crippen molar-refractivity contribution >= 4 is 40.1 Å². The van der Waals surface area contributed by atoms with E-state index in [0.29, 0.717) is 36.8 Å². The zero-order chi connectivity index (χ0) is 19.2. The Morgan fingerprint density at radius 1 is 1.15 bits per heavy atom. The largest absolute Gasteiger partial charge is 0.469 e. The Bertz CT molecular complexity index is 816. The first kappa shape index (κ1) is 18.8. The molecular formula is C18H20N4O4S. The van der Waals surface area contributed by atoms with Crippen LogP contribution in [0.1, 0.15) is 23.3 Å². The van der Waals surface area contributed by atoms with Crippen molar-refractivity contribution in [2.24, 2.45) is 5.92 Å². The molecular weight excluding hydrogens is 368 g/mol. The van der Waals surface area contributed by atoms with Gasteiger partial charge in [-0.2, -0.15) is 0 Å². The Morgan fingerprint density at radius 3 is 2.52 bits per heavy atom. The van der Waals surface area contributed by atoms with Gasteiger partial charge in [0, 0.05) is 24.2 Å². The second-order valence-electron chi connectivity index (χ2n) is 6.07. The third-order valence-corrected chi connectivity index (χ3v) is 5.05. The normalized spacial score (nSPS) is 14.5. The molecule has 0 aliphatic carbocycles. The Balaban J connectivity index is 1.53. The van der Waals surface area contributed by atoms with Gasteiger partial charge in [-0.05, 0) is 25.0 Å². The lowest BCUT2D eigenvalue weighted by atomic mass is 9.97. The van der Waals surface area contributed by atoms with Gasteiger partial charge in [0.1, 0.15) is 5.69 Å². The van der Waals surface area contributed by atoms with Crippen LogP contribution in [0.4, 0.5) is 15.6 Å². The number of para-hydroxylation sites is 1. The highest BCUT2D eigenvalue weighted by atomic mass is 32.1. The predicted molar refractivity (Wildman–Crippen MR) is 102 cm³/mol. The molecule has 0 radical (unpaired) electrons. The number of anilines is 2. The van der Waals surface area contributed by atoms with Crippen molar-refractivity contribution in [1.82, 2.24) is 9.88 Å². The molecule has 3 amide bonds. The summed E-state index contributed by atoms with van der Waals surface area (Å²) in [5.74, 6) is -0.592. The van der Waals surface area contributed by atoms with E-state index in [-0.39, 0.29) is 23.5 Å². The molecule has 3 rings (SSSR count). The predicted octanol–water partition coefficient (Wildman–Crippen LogP) is 2.81. The van der Waals surface area contributed by atoms with Crippen LogP contribution in [0, 0.1) is 5.92 Å². The van der Waals surface area contributed by atoms with E-state index in [1.54, 1.807) is 22.4 Å². The first-order chi connectivity index (χ1) is 13.1. The number of thiazole rings is 1. The van der Waals surface area contributed by atoms with Crippen molar-refractivity contribution in [1.29, 1.82) is 0 Å². The van der Waals surface area contributed by atoms with Crippen LogP contribution >= 0.6 is 11.3 Å². The third-order valence-electron chi connectivity index (χ3n) is 4.29. The second kappa shape index (κ2) is 8.63. The van der Waals surface area contributed by atoms with E-state index >= 15 is 0 Å². The van der Waals surface area contributed by atoms with Crippen LogP contribution in [-0.2, 0) is 9.53 Å². The van der Waals surface area contributed by atoms with Crippen LogP contribution < -0.4 is 10.6 Å². The van der Waals surface area contributed by atoms with E-state index in [2.05, 4.69) is 15.6 Å². The zero-order valence-electron chi connectivity index (χ0n) is 14.8. The summed E-state index contributed by atoms with van der Waals surface area (Å²) in [5, 5.41) is 7.28. The highest BCUT2D eigenvalue weighted by Crippen LogP contribution is 2.22. The lowest BCUT2D eigenvalue weighted by Crippen LogP contribution is -2.40. The second-order valence-corrected chi connectivity index (χ2v) is 6.93. The summed E-state index contributed by atoms with van der Waals surface area (Å²) < 4.78 is 4.75. The number of piperidine rings is 1. The van der Waals surface area contributed by atoms with Crippen molar-refractivity contribution in [3.63, 3.8) is 0 Å². The van der Waals surface area contributed by atoms with E-state index in [0.717, 1.165) is 0 Å². The zero-order valence-corrected chi connectivity index (χ0v) is 15.6. The van der Waals surface area contributed by atoms with Gasteiger partial charge in [-0.1, -0.05) is 18.2 Å². The smallest absolute Gasteiger partial charge is 0.325 e. The highest BCUT2D eigenvalue weighted by molar-refractivity contribution is 7.14. The summed E-state index contributed by atoms with van der Waals surface area (Å²) in [6.45, 7) is 0.959. The molecule has 2 heterocycles. The maximum Gasteiger partial charge on any atom is 0.325 e. The van der Waals surface area contributed by atoms with Crippen molar-refractivity contribution in [3.05, 3.63) is 41.4 Å². The number of carbonyl (C=O) groups is 3. The molecule has 2 N–H and O–H groups in total. The highest BCUT2D eigenvalue weighted by Gasteiger charge is 2.29. The molecule has 27 heavy (non-hydrogen) atoms. The van der Waals surface area contributed by atoms with Crippen LogP contribution in [0.25, 0.3) is 0 Å². The van der Waals surface area contributed by atoms with Crippen LogP contribution in [-0.4, -0.2) is 48.0 Å². The fraction of sp³-hybridized carbons (Fsp3) is 0.333. The standard InChI is InChI=1S/C18H20N4O4S/c1-26-16(24)12-7-9-22(10-8-12)15(23)14-11-27-18(20-14)21-17(25)19-13-5-3-2-4-6-13/h2-6,11-12H,7-10H2,1H3,(H2,19,20,21,25). The molecule has 0 saturated carbocycles. The maximum absolute atomic E-state index is 12.6. The Hall–Kier alpha value is -2.94. The van der Waals surface area contributed by atoms with Crippen molar-refractivity contribution in [3.8, 4) is 0 Å². The van der Waals surface area contributed by atoms with Gasteiger partial charge in [-0.25, -0.2) is 9.78 Å². The molecule has 0 unspecified atom stereocenters. The van der Waals surface area contributed by atoms with E-state index in [1.807, 2.05) is 18.2 Å². The van der Waals surface area contributed by atoms with E-state index in [1.165, 1.54) is 18.4 Å². The average Bonchev–Trinajstić information content (AvgIpc) is 3.16. The fourth-order valence-corrected chi connectivity index (χ4v) is 3.54. The number of likely N-dealkylation sites (tertiary alicyclic amines) is 1. The summed E-state index contributed by atoms with van der Waals surface area (Å²) in [6, 6.07) is 8.62. The number of hydrogen-bond acceptors (Lipinski definition) is 6. The summed E-state index contributed by atoms with van der Waals surface area (Å²) in [6.07, 6.45) is 1.15. The minimum Gasteiger partial charge on any atom is -0.469 e. The number of aromatic nitrogens is 1. The number of benzene rings is 1. The molecule has 0 bridgehead atoms. The molecule has 1 aromatic carbocycles. The number of ether oxygens (including phenoxy) is 1. The quantitative estimate of drug-likeness (QED) is 0.785. The molecule has 142 valence electrons. The molecule has 2 aromatic rings. The minimum atomic E-state index is -0.423. The van der Waals surface area contributed by atoms with Gasteiger partial charge in [0.25, 0.3) is 5.91 Å². The van der Waals surface area contributed by atoms with Crippen LogP contribution in [0.2, 0.25) is 0 Å². The Morgan fingerprint density at radius 2 is 1.85 bits per heavy atom. The van der Waals surface area contributed by atoms with E-state index in [4.69, 9.17) is 4.74 Å². The fourth-order valence-electron chi connectivity index (χ4n) is 2.86. The molecule has 1 saturated heterocycles. The number of methoxy groups -OCH3 is 1. The third kappa shape index (κ3) is 4.82. The molecule has 1 fully saturated rings. The average molecular weight is 388 g/mol. The minimum absolute atomic E-state index is 0.159. The van der Waals surface area contributed by atoms with Gasteiger partial charge in [0.05, 0.1) is 13.0 Å². The lowest BCUT2D eigenvalue weighted by molar-refractivity contribution is -0.146. The van der Waals surface area contributed by atoms with Gasteiger partial charge in [-0.3, -0.25) is 14.9 Å². The molecule has 1 aromatic heterocycles. The molecule has 1 aliphatic rings. The van der Waals surface area contributed by atoms with E-state index < -0.39 is 6.03 Å². The first-order valence-corrected chi connectivity index (χ1v) is 9.40. The van der Waals surface area contributed by atoms with Gasteiger partial charge in [-0.15, -0.1) is 11.3 Å². The number of esters is 1. The number of urea groups is 1. The monoisotopic (exact) mass is 388 g/mol. The van der Waals surface area contributed by atoms with Crippen molar-refractivity contribution < 1.29 is 19.1 Å². The Labute approximate surface area is 160 Å². The molecule has 8 nitrogen and oxygen atoms in total. The summed E-state index contributed by atoms with van der Waals surface area (Å²) in [4.78, 5) is 42.0. The summed E-state index contributed by atoms with van der Waals surface area (Å²) in [7, 11) is 1.37. The molecule has 1 aliphatic heterocycles. The van der Waals surface area contributed by atoms with Crippen LogP contribution in [0.15, 0.2) is 35.7 Å². The molecule has 9 heteroatoms. The van der Waals surface area contributed by atoms with Gasteiger partial charge in [0.2, 0.25) is 0 Å². The van der Waals surface area contributed by atoms with Crippen molar-refractivity contribution in [2.45, 2.75) is 12.8 Å². The SMILES string of the molecule is COC(=O)C1CCN(C(=O)c2csc(NC(=O)Nc3ccccc3)n2)CC1. The number of amides is 3. The van der Waals surface area contributed by atoms with E-state index in [9.17, 15) is 14.4 Å². The maximum atomic E-state index is 12.6. The number of nitrogens with zero attached hydrogens (tertiary/aromatic N) is 2. The topological polar surface area (TPSA) is 101 Å². The first-order valence-electron chi connectivity index (χ1n) is 8.52. The number of rotatable bonds is 4. The number of carbonyl (C=O) groups excluding carboxylic acids is 3. The summed E-state index contributed by atoms with van der Waals surface area (Å²) in [5.41, 5.74) is 0.947. The lowest BCUT2D eigenvalue weighted by Gasteiger charge is -2.30. The number of nitrogens with one attached hydrogen (secondary N) is 2.